The minimum absolute atomic E-state index is 0.0233. The summed E-state index contributed by atoms with van der Waals surface area (Å²) in [5, 5.41) is 12.3. The molecular formula is C16H23NO2. The van der Waals surface area contributed by atoms with Gasteiger partial charge in [-0.2, -0.15) is 0 Å². The van der Waals surface area contributed by atoms with Crippen molar-refractivity contribution in [3.8, 4) is 0 Å². The van der Waals surface area contributed by atoms with Crippen molar-refractivity contribution in [1.82, 2.24) is 5.32 Å². The highest BCUT2D eigenvalue weighted by Gasteiger charge is 2.19. The molecule has 1 amide bonds. The van der Waals surface area contributed by atoms with Gasteiger partial charge in [-0.3, -0.25) is 4.79 Å². The summed E-state index contributed by atoms with van der Waals surface area (Å²) in [6.07, 6.45) is 6.91. The third-order valence-corrected chi connectivity index (χ3v) is 3.97. The Hall–Kier alpha value is -1.35. The highest BCUT2D eigenvalue weighted by molar-refractivity contribution is 5.78. The Morgan fingerprint density at radius 1 is 1.11 bits per heavy atom. The summed E-state index contributed by atoms with van der Waals surface area (Å²) in [7, 11) is 0. The molecule has 104 valence electrons. The number of carbonyl (C=O) groups is 1. The van der Waals surface area contributed by atoms with E-state index in [-0.39, 0.29) is 18.4 Å². The maximum absolute atomic E-state index is 12.2. The Bertz CT molecular complexity index is 409. The lowest BCUT2D eigenvalue weighted by molar-refractivity contribution is -0.125. The normalized spacial score (nSPS) is 16.9. The van der Waals surface area contributed by atoms with Gasteiger partial charge in [0, 0.05) is 12.5 Å². The molecule has 1 aliphatic rings. The van der Waals surface area contributed by atoms with Crippen LogP contribution < -0.4 is 5.32 Å². The molecule has 0 aliphatic heterocycles. The van der Waals surface area contributed by atoms with Crippen LogP contribution in [0.15, 0.2) is 24.3 Å². The van der Waals surface area contributed by atoms with Gasteiger partial charge in [0.2, 0.25) is 5.91 Å². The van der Waals surface area contributed by atoms with Crippen LogP contribution in [0.3, 0.4) is 0 Å². The first-order valence-corrected chi connectivity index (χ1v) is 7.26. The Kier molecular flexibility index (Phi) is 5.40. The lowest BCUT2D eigenvalue weighted by Gasteiger charge is -2.15. The first-order chi connectivity index (χ1) is 9.31. The highest BCUT2D eigenvalue weighted by atomic mass is 16.3. The third kappa shape index (κ3) is 4.06. The molecule has 0 bridgehead atoms. The topological polar surface area (TPSA) is 49.3 Å². The van der Waals surface area contributed by atoms with E-state index in [0.29, 0.717) is 6.54 Å². The van der Waals surface area contributed by atoms with E-state index in [1.54, 1.807) is 0 Å². The first-order valence-electron chi connectivity index (χ1n) is 7.26. The van der Waals surface area contributed by atoms with Gasteiger partial charge in [-0.05, 0) is 24.0 Å². The van der Waals surface area contributed by atoms with Crippen molar-refractivity contribution in [3.63, 3.8) is 0 Å². The first kappa shape index (κ1) is 14.1. The Balaban J connectivity index is 1.88. The Labute approximate surface area is 115 Å². The largest absolute Gasteiger partial charge is 0.392 e. The van der Waals surface area contributed by atoms with Gasteiger partial charge in [-0.1, -0.05) is 49.9 Å². The molecule has 1 fully saturated rings. The lowest BCUT2D eigenvalue weighted by atomic mass is 9.99. The number of aliphatic hydroxyl groups excluding tert-OH is 1. The molecule has 1 aromatic rings. The van der Waals surface area contributed by atoms with E-state index in [0.717, 1.165) is 24.0 Å². The quantitative estimate of drug-likeness (QED) is 0.819. The second-order valence-corrected chi connectivity index (χ2v) is 5.33. The monoisotopic (exact) mass is 261 g/mol. The van der Waals surface area contributed by atoms with Crippen LogP contribution in [-0.4, -0.2) is 11.0 Å². The standard InChI is InChI=1S/C16H23NO2/c18-12-15-10-6-5-9-14(15)11-17-16(19)13-7-3-1-2-4-8-13/h5-6,9-10,13,18H,1-4,7-8,11-12H2,(H,17,19). The summed E-state index contributed by atoms with van der Waals surface area (Å²) >= 11 is 0. The molecule has 1 aliphatic carbocycles. The zero-order valence-corrected chi connectivity index (χ0v) is 11.4. The summed E-state index contributed by atoms with van der Waals surface area (Å²) in [5.74, 6) is 0.360. The van der Waals surface area contributed by atoms with Crippen molar-refractivity contribution < 1.29 is 9.90 Å². The number of nitrogens with one attached hydrogen (secondary N) is 1. The molecule has 1 aromatic carbocycles. The molecule has 3 nitrogen and oxygen atoms in total. The van der Waals surface area contributed by atoms with E-state index in [1.165, 1.54) is 25.7 Å². The van der Waals surface area contributed by atoms with Crippen LogP contribution >= 0.6 is 0 Å². The number of amides is 1. The van der Waals surface area contributed by atoms with E-state index < -0.39 is 0 Å². The molecule has 2 N–H and O–H groups in total. The van der Waals surface area contributed by atoms with Gasteiger partial charge in [-0.15, -0.1) is 0 Å². The van der Waals surface area contributed by atoms with Crippen molar-refractivity contribution >= 4 is 5.91 Å². The van der Waals surface area contributed by atoms with Crippen LogP contribution in [0.25, 0.3) is 0 Å². The van der Waals surface area contributed by atoms with Crippen molar-refractivity contribution in [2.45, 2.75) is 51.7 Å². The van der Waals surface area contributed by atoms with Gasteiger partial charge < -0.3 is 10.4 Å². The number of aliphatic hydroxyl groups is 1. The summed E-state index contributed by atoms with van der Waals surface area (Å²) < 4.78 is 0. The molecule has 0 aromatic heterocycles. The molecule has 0 radical (unpaired) electrons. The van der Waals surface area contributed by atoms with Crippen LogP contribution in [0.2, 0.25) is 0 Å². The van der Waals surface area contributed by atoms with Gasteiger partial charge in [0.1, 0.15) is 0 Å². The van der Waals surface area contributed by atoms with Gasteiger partial charge >= 0.3 is 0 Å². The van der Waals surface area contributed by atoms with Crippen molar-refractivity contribution in [3.05, 3.63) is 35.4 Å². The maximum atomic E-state index is 12.2. The van der Waals surface area contributed by atoms with Crippen LogP contribution in [0.4, 0.5) is 0 Å². The SMILES string of the molecule is O=C(NCc1ccccc1CO)C1CCCCCC1. The predicted molar refractivity (Wildman–Crippen MR) is 75.4 cm³/mol. The van der Waals surface area contributed by atoms with Crippen LogP contribution in [0.1, 0.15) is 49.7 Å². The molecule has 2 rings (SSSR count). The molecular weight excluding hydrogens is 238 g/mol. The Morgan fingerprint density at radius 3 is 2.37 bits per heavy atom. The molecule has 0 spiro atoms. The summed E-state index contributed by atoms with van der Waals surface area (Å²) in [4.78, 5) is 12.2. The summed E-state index contributed by atoms with van der Waals surface area (Å²) in [6, 6.07) is 7.69. The second-order valence-electron chi connectivity index (χ2n) is 5.33. The Morgan fingerprint density at radius 2 is 1.74 bits per heavy atom. The number of rotatable bonds is 4. The fraction of sp³-hybridized carbons (Fsp3) is 0.562. The number of hydrogen-bond acceptors (Lipinski definition) is 2. The molecule has 0 saturated heterocycles. The zero-order valence-electron chi connectivity index (χ0n) is 11.4. The lowest BCUT2D eigenvalue weighted by Crippen LogP contribution is -2.30. The number of benzene rings is 1. The number of carbonyl (C=O) groups excluding carboxylic acids is 1. The molecule has 1 saturated carbocycles. The summed E-state index contributed by atoms with van der Waals surface area (Å²) in [5.41, 5.74) is 1.90. The zero-order chi connectivity index (χ0) is 13.5. The minimum Gasteiger partial charge on any atom is -0.392 e. The molecule has 0 heterocycles. The van der Waals surface area contributed by atoms with Gasteiger partial charge in [0.05, 0.1) is 6.61 Å². The molecule has 19 heavy (non-hydrogen) atoms. The van der Waals surface area contributed by atoms with E-state index in [9.17, 15) is 9.90 Å². The molecule has 3 heteroatoms. The van der Waals surface area contributed by atoms with E-state index in [1.807, 2.05) is 24.3 Å². The third-order valence-electron chi connectivity index (χ3n) is 3.97. The molecule has 0 unspecified atom stereocenters. The van der Waals surface area contributed by atoms with Gasteiger partial charge in [0.25, 0.3) is 0 Å². The van der Waals surface area contributed by atoms with E-state index in [2.05, 4.69) is 5.32 Å². The molecule has 0 atom stereocenters. The summed E-state index contributed by atoms with van der Waals surface area (Å²) in [6.45, 7) is 0.543. The minimum atomic E-state index is 0.0233. The highest BCUT2D eigenvalue weighted by Crippen LogP contribution is 2.23. The fourth-order valence-electron chi connectivity index (χ4n) is 2.75. The van der Waals surface area contributed by atoms with Crippen LogP contribution in [-0.2, 0) is 17.9 Å². The average Bonchev–Trinajstić information content (AvgIpc) is 2.74. The van der Waals surface area contributed by atoms with E-state index in [4.69, 9.17) is 0 Å². The predicted octanol–water partition coefficient (Wildman–Crippen LogP) is 2.77. The number of hydrogen-bond donors (Lipinski definition) is 2. The smallest absolute Gasteiger partial charge is 0.223 e. The van der Waals surface area contributed by atoms with Crippen molar-refractivity contribution in [1.29, 1.82) is 0 Å². The second kappa shape index (κ2) is 7.29. The maximum Gasteiger partial charge on any atom is 0.223 e. The van der Waals surface area contributed by atoms with Crippen LogP contribution in [0.5, 0.6) is 0 Å². The van der Waals surface area contributed by atoms with E-state index >= 15 is 0 Å². The van der Waals surface area contributed by atoms with Gasteiger partial charge in [-0.25, -0.2) is 0 Å². The fourth-order valence-corrected chi connectivity index (χ4v) is 2.75. The average molecular weight is 261 g/mol. The van der Waals surface area contributed by atoms with Crippen molar-refractivity contribution in [2.24, 2.45) is 5.92 Å². The van der Waals surface area contributed by atoms with Gasteiger partial charge in [0.15, 0.2) is 0 Å². The van der Waals surface area contributed by atoms with Crippen molar-refractivity contribution in [2.75, 3.05) is 0 Å². The van der Waals surface area contributed by atoms with Crippen LogP contribution in [0, 0.1) is 5.92 Å².